The number of carbonyl (C=O) groups is 1. The minimum absolute atomic E-state index is 0.00326. The second-order valence-electron chi connectivity index (χ2n) is 6.43. The van der Waals surface area contributed by atoms with E-state index in [2.05, 4.69) is 0 Å². The number of hydrogen-bond acceptors (Lipinski definition) is 10. The molecule has 198 valence electrons. The SMILES string of the molecule is O=C(O)CCOCCOCCOCCOCCOCCOCCOCCOCCP(=O)(O)O. The monoisotopic (exact) mass is 506 g/mol. The Morgan fingerprint density at radius 2 is 0.727 bits per heavy atom. The van der Waals surface area contributed by atoms with Crippen LogP contribution in [0.15, 0.2) is 0 Å². The molecule has 0 aliphatic carbocycles. The summed E-state index contributed by atoms with van der Waals surface area (Å²) in [5, 5.41) is 8.44. The van der Waals surface area contributed by atoms with Gasteiger partial charge in [-0.15, -0.1) is 0 Å². The van der Waals surface area contributed by atoms with Gasteiger partial charge in [0.05, 0.1) is 118 Å². The zero-order valence-electron chi connectivity index (χ0n) is 19.1. The van der Waals surface area contributed by atoms with E-state index in [4.69, 9.17) is 52.8 Å². The lowest BCUT2D eigenvalue weighted by Gasteiger charge is -2.08. The van der Waals surface area contributed by atoms with Gasteiger partial charge in [-0.05, 0) is 0 Å². The molecule has 13 nitrogen and oxygen atoms in total. The molecule has 0 aromatic carbocycles. The molecule has 0 saturated carbocycles. The van der Waals surface area contributed by atoms with E-state index in [1.807, 2.05) is 0 Å². The quantitative estimate of drug-likeness (QED) is 0.0988. The maximum atomic E-state index is 10.6. The van der Waals surface area contributed by atoms with E-state index in [1.165, 1.54) is 0 Å². The smallest absolute Gasteiger partial charge is 0.327 e. The molecule has 0 radical (unpaired) electrons. The third kappa shape index (κ3) is 31.3. The second kappa shape index (κ2) is 24.4. The molecule has 0 amide bonds. The van der Waals surface area contributed by atoms with Crippen molar-refractivity contribution in [3.8, 4) is 0 Å². The van der Waals surface area contributed by atoms with Crippen LogP contribution in [0, 0.1) is 0 Å². The molecule has 0 atom stereocenters. The first-order valence-corrected chi connectivity index (χ1v) is 12.6. The van der Waals surface area contributed by atoms with Crippen molar-refractivity contribution in [2.45, 2.75) is 6.42 Å². The van der Waals surface area contributed by atoms with E-state index in [0.29, 0.717) is 85.9 Å². The second-order valence-corrected chi connectivity index (χ2v) is 8.21. The van der Waals surface area contributed by atoms with Crippen molar-refractivity contribution < 1.29 is 62.1 Å². The minimum Gasteiger partial charge on any atom is -0.481 e. The summed E-state index contributed by atoms with van der Waals surface area (Å²) in [6.07, 6.45) is -0.300. The zero-order chi connectivity index (χ0) is 24.5. The van der Waals surface area contributed by atoms with Crippen LogP contribution in [0.1, 0.15) is 6.42 Å². The van der Waals surface area contributed by atoms with Gasteiger partial charge in [0, 0.05) is 0 Å². The number of carboxylic acid groups (broad SMARTS) is 1. The van der Waals surface area contributed by atoms with Gasteiger partial charge in [0.25, 0.3) is 0 Å². The lowest BCUT2D eigenvalue weighted by Crippen LogP contribution is -2.15. The fourth-order valence-corrected chi connectivity index (χ4v) is 2.35. The molecule has 0 aromatic rings. The highest BCUT2D eigenvalue weighted by atomic mass is 31.2. The maximum absolute atomic E-state index is 10.6. The van der Waals surface area contributed by atoms with E-state index in [1.54, 1.807) is 0 Å². The van der Waals surface area contributed by atoms with E-state index >= 15 is 0 Å². The fraction of sp³-hybridized carbons (Fsp3) is 0.947. The Kier molecular flexibility index (Phi) is 23.9. The van der Waals surface area contributed by atoms with Gasteiger partial charge in [-0.2, -0.15) is 0 Å². The van der Waals surface area contributed by atoms with Crippen LogP contribution in [0.2, 0.25) is 0 Å². The normalized spacial score (nSPS) is 11.8. The van der Waals surface area contributed by atoms with Crippen LogP contribution in [-0.4, -0.2) is 133 Å². The van der Waals surface area contributed by atoms with Gasteiger partial charge < -0.3 is 52.8 Å². The van der Waals surface area contributed by atoms with Crippen molar-refractivity contribution in [1.29, 1.82) is 0 Å². The molecule has 0 aliphatic heterocycles. The van der Waals surface area contributed by atoms with Crippen molar-refractivity contribution >= 4 is 13.6 Å². The van der Waals surface area contributed by atoms with Crippen LogP contribution < -0.4 is 0 Å². The lowest BCUT2D eigenvalue weighted by molar-refractivity contribution is -0.138. The van der Waals surface area contributed by atoms with Gasteiger partial charge in [0.2, 0.25) is 0 Å². The first-order chi connectivity index (χ1) is 15.9. The zero-order valence-corrected chi connectivity index (χ0v) is 20.0. The molecule has 33 heavy (non-hydrogen) atoms. The molecule has 0 heterocycles. The van der Waals surface area contributed by atoms with E-state index < -0.39 is 13.6 Å². The molecule has 0 aliphatic rings. The van der Waals surface area contributed by atoms with Crippen molar-refractivity contribution in [3.05, 3.63) is 0 Å². The molecule has 0 rings (SSSR count). The summed E-state index contributed by atoms with van der Waals surface area (Å²) in [6.45, 7) is 5.95. The Hall–Kier alpha value is -0.700. The van der Waals surface area contributed by atoms with Gasteiger partial charge in [-0.25, -0.2) is 0 Å². The standard InChI is InChI=1S/C19H39O13P/c20-19(21)1-2-25-3-4-26-5-6-27-7-8-28-9-10-29-11-12-30-13-14-31-15-16-32-17-18-33(22,23)24/h1-18H2,(H,20,21)(H2,22,23,24). The summed E-state index contributed by atoms with van der Waals surface area (Å²) < 4.78 is 52.7. The van der Waals surface area contributed by atoms with Crippen LogP contribution >= 0.6 is 7.60 Å². The summed E-state index contributed by atoms with van der Waals surface area (Å²) in [5.41, 5.74) is 0. The Morgan fingerprint density at radius 3 is 0.970 bits per heavy atom. The number of carboxylic acids is 1. The Bertz CT molecular complexity index is 475. The number of hydrogen-bond donors (Lipinski definition) is 3. The van der Waals surface area contributed by atoms with Gasteiger partial charge in [0.1, 0.15) is 0 Å². The summed E-state index contributed by atoms with van der Waals surface area (Å²) in [4.78, 5) is 27.6. The Balaban J connectivity index is 3.05. The molecule has 0 fully saturated rings. The van der Waals surface area contributed by atoms with E-state index in [-0.39, 0.29) is 32.4 Å². The number of rotatable bonds is 27. The third-order valence-corrected chi connectivity index (χ3v) is 4.36. The summed E-state index contributed by atoms with van der Waals surface area (Å²) in [7, 11) is -4.00. The fourth-order valence-electron chi connectivity index (χ4n) is 1.98. The molecule has 14 heteroatoms. The lowest BCUT2D eigenvalue weighted by atomic mass is 10.5. The van der Waals surface area contributed by atoms with Crippen molar-refractivity contribution in [2.75, 3.05) is 112 Å². The summed E-state index contributed by atoms with van der Waals surface area (Å²) in [6, 6.07) is 0. The predicted octanol–water partition coefficient (Wildman–Crippen LogP) is -0.228. The van der Waals surface area contributed by atoms with Crippen LogP contribution in [0.4, 0.5) is 0 Å². The van der Waals surface area contributed by atoms with Gasteiger partial charge in [-0.1, -0.05) is 0 Å². The minimum atomic E-state index is -4.00. The average Bonchev–Trinajstić information content (AvgIpc) is 2.75. The van der Waals surface area contributed by atoms with E-state index in [9.17, 15) is 9.36 Å². The molecule has 0 saturated heterocycles. The topological polar surface area (TPSA) is 169 Å². The van der Waals surface area contributed by atoms with Crippen LogP contribution in [0.25, 0.3) is 0 Å². The third-order valence-electron chi connectivity index (χ3n) is 3.59. The molecule has 0 aromatic heterocycles. The van der Waals surface area contributed by atoms with Crippen molar-refractivity contribution in [1.82, 2.24) is 0 Å². The average molecular weight is 506 g/mol. The molecule has 0 bridgehead atoms. The van der Waals surface area contributed by atoms with Gasteiger partial charge in [0.15, 0.2) is 0 Å². The highest BCUT2D eigenvalue weighted by Crippen LogP contribution is 2.33. The molecule has 0 unspecified atom stereocenters. The maximum Gasteiger partial charge on any atom is 0.327 e. The first-order valence-electron chi connectivity index (χ1n) is 10.8. The Labute approximate surface area is 194 Å². The number of aliphatic carboxylic acids is 1. The van der Waals surface area contributed by atoms with Crippen LogP contribution in [-0.2, 0) is 47.3 Å². The van der Waals surface area contributed by atoms with Crippen LogP contribution in [0.5, 0.6) is 0 Å². The Morgan fingerprint density at radius 1 is 0.485 bits per heavy atom. The highest BCUT2D eigenvalue weighted by molar-refractivity contribution is 7.51. The van der Waals surface area contributed by atoms with Gasteiger partial charge >= 0.3 is 13.6 Å². The highest BCUT2D eigenvalue weighted by Gasteiger charge is 2.11. The van der Waals surface area contributed by atoms with Crippen molar-refractivity contribution in [3.63, 3.8) is 0 Å². The summed E-state index contributed by atoms with van der Waals surface area (Å²) in [5.74, 6) is -0.882. The van der Waals surface area contributed by atoms with E-state index in [0.717, 1.165) is 0 Å². The predicted molar refractivity (Wildman–Crippen MR) is 116 cm³/mol. The first kappa shape index (κ1) is 32.3. The van der Waals surface area contributed by atoms with Gasteiger partial charge in [-0.3, -0.25) is 9.36 Å². The molecule has 3 N–H and O–H groups in total. The number of ether oxygens (including phenoxy) is 8. The molecule has 0 spiro atoms. The van der Waals surface area contributed by atoms with Crippen LogP contribution in [0.3, 0.4) is 0 Å². The molecular formula is C19H39O13P. The summed E-state index contributed by atoms with van der Waals surface area (Å²) >= 11 is 0. The largest absolute Gasteiger partial charge is 0.481 e. The molecular weight excluding hydrogens is 467 g/mol. The van der Waals surface area contributed by atoms with Crippen molar-refractivity contribution in [2.24, 2.45) is 0 Å².